The van der Waals surface area contributed by atoms with Gasteiger partial charge < -0.3 is 0 Å². The Morgan fingerprint density at radius 3 is 2.67 bits per heavy atom. The van der Waals surface area contributed by atoms with Crippen molar-refractivity contribution in [1.82, 2.24) is 0 Å². The molecule has 18 heavy (non-hydrogen) atoms. The zero-order valence-electron chi connectivity index (χ0n) is 10.4. The average Bonchev–Trinajstić information content (AvgIpc) is 2.78. The van der Waals surface area contributed by atoms with Crippen molar-refractivity contribution in [3.8, 4) is 6.07 Å². The smallest absolute Gasteiger partial charge is 0.160 e. The molecule has 1 aromatic rings. The summed E-state index contributed by atoms with van der Waals surface area (Å²) in [5.74, 6) is -1.31. The fraction of sp³-hybridized carbons (Fsp3) is 0.467. The standard InChI is InChI=1S/C15H16FNO/c1-15(7-2-3-8-15)14(18)13(10-17)11-5-4-6-12(16)9-11/h4-6,9,13H,2-3,7-8H2,1H3. The summed E-state index contributed by atoms with van der Waals surface area (Å²) < 4.78 is 13.2. The van der Waals surface area contributed by atoms with Gasteiger partial charge in [-0.3, -0.25) is 4.79 Å². The summed E-state index contributed by atoms with van der Waals surface area (Å²) in [5, 5.41) is 9.22. The quantitative estimate of drug-likeness (QED) is 0.816. The fourth-order valence-corrected chi connectivity index (χ4v) is 2.72. The minimum atomic E-state index is -0.844. The van der Waals surface area contributed by atoms with Gasteiger partial charge in [-0.25, -0.2) is 4.39 Å². The predicted molar refractivity (Wildman–Crippen MR) is 66.3 cm³/mol. The lowest BCUT2D eigenvalue weighted by Gasteiger charge is -2.24. The SMILES string of the molecule is CC1(C(=O)C(C#N)c2cccc(F)c2)CCCC1. The molecule has 1 atom stereocenters. The highest BCUT2D eigenvalue weighted by atomic mass is 19.1. The molecule has 0 heterocycles. The van der Waals surface area contributed by atoms with Crippen molar-refractivity contribution in [2.45, 2.75) is 38.5 Å². The van der Waals surface area contributed by atoms with E-state index in [9.17, 15) is 14.4 Å². The Morgan fingerprint density at radius 1 is 1.44 bits per heavy atom. The van der Waals surface area contributed by atoms with Crippen LogP contribution in [0.15, 0.2) is 24.3 Å². The number of carbonyl (C=O) groups excluding carboxylic acids is 1. The molecule has 94 valence electrons. The zero-order valence-corrected chi connectivity index (χ0v) is 10.4. The van der Waals surface area contributed by atoms with Crippen molar-refractivity contribution in [1.29, 1.82) is 5.26 Å². The number of nitrogens with zero attached hydrogens (tertiary/aromatic N) is 1. The molecule has 0 N–H and O–H groups in total. The molecule has 3 heteroatoms. The van der Waals surface area contributed by atoms with Gasteiger partial charge in [-0.15, -0.1) is 0 Å². The van der Waals surface area contributed by atoms with E-state index in [-0.39, 0.29) is 5.78 Å². The Labute approximate surface area is 106 Å². The van der Waals surface area contributed by atoms with Gasteiger partial charge in [0, 0.05) is 5.41 Å². The molecule has 0 aliphatic heterocycles. The first-order valence-corrected chi connectivity index (χ1v) is 6.26. The maximum Gasteiger partial charge on any atom is 0.160 e. The maximum absolute atomic E-state index is 13.2. The normalized spacial score (nSPS) is 19.2. The Hall–Kier alpha value is -1.69. The molecule has 0 aromatic heterocycles. The molecule has 0 bridgehead atoms. The summed E-state index contributed by atoms with van der Waals surface area (Å²) >= 11 is 0. The topological polar surface area (TPSA) is 40.9 Å². The maximum atomic E-state index is 13.2. The van der Waals surface area contributed by atoms with Gasteiger partial charge in [-0.2, -0.15) is 5.26 Å². The molecule has 1 fully saturated rings. The highest BCUT2D eigenvalue weighted by molar-refractivity contribution is 5.93. The van der Waals surface area contributed by atoms with Gasteiger partial charge in [-0.1, -0.05) is 31.9 Å². The van der Waals surface area contributed by atoms with E-state index in [1.165, 1.54) is 12.1 Å². The molecule has 2 nitrogen and oxygen atoms in total. The van der Waals surface area contributed by atoms with E-state index in [1.54, 1.807) is 12.1 Å². The lowest BCUT2D eigenvalue weighted by molar-refractivity contribution is -0.128. The summed E-state index contributed by atoms with van der Waals surface area (Å²) in [6.45, 7) is 1.92. The lowest BCUT2D eigenvalue weighted by Crippen LogP contribution is -2.29. The second kappa shape index (κ2) is 4.89. The van der Waals surface area contributed by atoms with E-state index in [4.69, 9.17) is 0 Å². The van der Waals surface area contributed by atoms with Crippen LogP contribution in [0.25, 0.3) is 0 Å². The van der Waals surface area contributed by atoms with Crippen LogP contribution in [0.4, 0.5) is 4.39 Å². The van der Waals surface area contributed by atoms with Crippen molar-refractivity contribution in [2.75, 3.05) is 0 Å². The molecule has 0 amide bonds. The third kappa shape index (κ3) is 2.28. The second-order valence-electron chi connectivity index (χ2n) is 5.25. The Balaban J connectivity index is 2.29. The number of benzene rings is 1. The summed E-state index contributed by atoms with van der Waals surface area (Å²) in [4.78, 5) is 12.5. The number of hydrogen-bond acceptors (Lipinski definition) is 2. The average molecular weight is 245 g/mol. The number of hydrogen-bond donors (Lipinski definition) is 0. The number of halogens is 1. The molecule has 0 spiro atoms. The molecule has 1 aliphatic rings. The van der Waals surface area contributed by atoms with Crippen LogP contribution in [0.2, 0.25) is 0 Å². The minimum absolute atomic E-state index is 0.0619. The van der Waals surface area contributed by atoms with E-state index >= 15 is 0 Å². The van der Waals surface area contributed by atoms with Crippen LogP contribution in [0, 0.1) is 22.6 Å². The second-order valence-corrected chi connectivity index (χ2v) is 5.25. The molecule has 0 radical (unpaired) electrons. The van der Waals surface area contributed by atoms with E-state index in [2.05, 4.69) is 0 Å². The van der Waals surface area contributed by atoms with Crippen LogP contribution in [-0.4, -0.2) is 5.78 Å². The monoisotopic (exact) mass is 245 g/mol. The zero-order chi connectivity index (χ0) is 13.2. The first-order valence-electron chi connectivity index (χ1n) is 6.26. The van der Waals surface area contributed by atoms with Crippen molar-refractivity contribution in [2.24, 2.45) is 5.41 Å². The van der Waals surface area contributed by atoms with Gasteiger partial charge >= 0.3 is 0 Å². The number of nitriles is 1. The summed E-state index contributed by atoms with van der Waals surface area (Å²) in [5.41, 5.74) is 0.0582. The van der Waals surface area contributed by atoms with Gasteiger partial charge in [0.1, 0.15) is 11.7 Å². The van der Waals surface area contributed by atoms with E-state index in [1.807, 2.05) is 13.0 Å². The van der Waals surface area contributed by atoms with Crippen LogP contribution in [-0.2, 0) is 4.79 Å². The molecule has 0 saturated heterocycles. The van der Waals surface area contributed by atoms with Crippen molar-refractivity contribution in [3.63, 3.8) is 0 Å². The summed E-state index contributed by atoms with van der Waals surface area (Å²) in [6.07, 6.45) is 3.73. The van der Waals surface area contributed by atoms with Crippen LogP contribution in [0.5, 0.6) is 0 Å². The van der Waals surface area contributed by atoms with Gasteiger partial charge in [0.25, 0.3) is 0 Å². The molecular formula is C15H16FNO. The predicted octanol–water partition coefficient (Wildman–Crippen LogP) is 3.58. The van der Waals surface area contributed by atoms with Gasteiger partial charge in [-0.05, 0) is 30.5 Å². The number of ketones is 1. The third-order valence-corrected chi connectivity index (χ3v) is 3.88. The molecule has 1 saturated carbocycles. The molecule has 1 aromatic carbocycles. The largest absolute Gasteiger partial charge is 0.297 e. The molecule has 2 rings (SSSR count). The first-order chi connectivity index (χ1) is 8.57. The molecular weight excluding hydrogens is 229 g/mol. The first kappa shape index (κ1) is 12.8. The van der Waals surface area contributed by atoms with E-state index in [0.29, 0.717) is 5.56 Å². The summed E-state index contributed by atoms with van der Waals surface area (Å²) in [6, 6.07) is 7.82. The third-order valence-electron chi connectivity index (χ3n) is 3.88. The fourth-order valence-electron chi connectivity index (χ4n) is 2.72. The van der Waals surface area contributed by atoms with Gasteiger partial charge in [0.05, 0.1) is 6.07 Å². The lowest BCUT2D eigenvalue weighted by atomic mass is 9.76. The van der Waals surface area contributed by atoms with Crippen LogP contribution >= 0.6 is 0 Å². The van der Waals surface area contributed by atoms with Crippen molar-refractivity contribution >= 4 is 5.78 Å². The molecule has 1 aliphatic carbocycles. The highest BCUT2D eigenvalue weighted by Gasteiger charge is 2.40. The highest BCUT2D eigenvalue weighted by Crippen LogP contribution is 2.42. The number of Topliss-reactive ketones (excluding diaryl/α,β-unsaturated/α-hetero) is 1. The molecule has 1 unspecified atom stereocenters. The summed E-state index contributed by atoms with van der Waals surface area (Å²) in [7, 11) is 0. The van der Waals surface area contributed by atoms with Crippen LogP contribution in [0.3, 0.4) is 0 Å². The van der Waals surface area contributed by atoms with E-state index in [0.717, 1.165) is 25.7 Å². The van der Waals surface area contributed by atoms with Gasteiger partial charge in [0.2, 0.25) is 0 Å². The number of carbonyl (C=O) groups is 1. The van der Waals surface area contributed by atoms with Gasteiger partial charge in [0.15, 0.2) is 5.78 Å². The Morgan fingerprint density at radius 2 is 2.11 bits per heavy atom. The van der Waals surface area contributed by atoms with Crippen molar-refractivity contribution in [3.05, 3.63) is 35.6 Å². The van der Waals surface area contributed by atoms with Crippen LogP contribution < -0.4 is 0 Å². The minimum Gasteiger partial charge on any atom is -0.297 e. The Kier molecular flexibility index (Phi) is 3.47. The van der Waals surface area contributed by atoms with E-state index < -0.39 is 17.2 Å². The van der Waals surface area contributed by atoms with Crippen molar-refractivity contribution < 1.29 is 9.18 Å². The number of rotatable bonds is 3. The Bertz CT molecular complexity index is 497. The van der Waals surface area contributed by atoms with Crippen LogP contribution in [0.1, 0.15) is 44.1 Å².